The van der Waals surface area contributed by atoms with Crippen molar-refractivity contribution in [3.05, 3.63) is 29.3 Å². The molecule has 1 rings (SSSR count). The predicted octanol–water partition coefficient (Wildman–Crippen LogP) is 2.09. The summed E-state index contributed by atoms with van der Waals surface area (Å²) in [5.74, 6) is 0.657. The van der Waals surface area contributed by atoms with Crippen LogP contribution in [0.5, 0.6) is 11.5 Å². The topological polar surface area (TPSA) is 61.8 Å². The molecule has 0 radical (unpaired) electrons. The number of ether oxygens (including phenoxy) is 3. The maximum atomic E-state index is 11.0. The second-order valence-electron chi connectivity index (χ2n) is 3.64. The van der Waals surface area contributed by atoms with Gasteiger partial charge in [-0.25, -0.2) is 0 Å². The molecule has 0 aliphatic rings. The molecule has 0 saturated carbocycles. The SMILES string of the molecule is COC(=O)CC=Cc1cc(OC)c(OC)cc1C=O. The van der Waals surface area contributed by atoms with E-state index in [4.69, 9.17) is 9.47 Å². The highest BCUT2D eigenvalue weighted by atomic mass is 16.5. The van der Waals surface area contributed by atoms with E-state index < -0.39 is 0 Å². The first-order valence-electron chi connectivity index (χ1n) is 5.60. The van der Waals surface area contributed by atoms with E-state index in [-0.39, 0.29) is 12.4 Å². The number of methoxy groups -OCH3 is 3. The summed E-state index contributed by atoms with van der Waals surface area (Å²) in [5, 5.41) is 0. The predicted molar refractivity (Wildman–Crippen MR) is 70.6 cm³/mol. The zero-order valence-corrected chi connectivity index (χ0v) is 11.1. The smallest absolute Gasteiger partial charge is 0.309 e. The third-order valence-corrected chi connectivity index (χ3v) is 2.53. The average molecular weight is 264 g/mol. The minimum atomic E-state index is -0.343. The Kier molecular flexibility index (Phi) is 5.60. The zero-order valence-electron chi connectivity index (χ0n) is 11.1. The van der Waals surface area contributed by atoms with Gasteiger partial charge >= 0.3 is 5.97 Å². The summed E-state index contributed by atoms with van der Waals surface area (Å²) in [6.07, 6.45) is 4.16. The average Bonchev–Trinajstić information content (AvgIpc) is 2.46. The number of carbonyl (C=O) groups excluding carboxylic acids is 2. The van der Waals surface area contributed by atoms with Gasteiger partial charge in [0.25, 0.3) is 0 Å². The Balaban J connectivity index is 3.05. The maximum absolute atomic E-state index is 11.0. The molecule has 0 atom stereocenters. The second-order valence-corrected chi connectivity index (χ2v) is 3.64. The molecule has 5 nitrogen and oxygen atoms in total. The van der Waals surface area contributed by atoms with Gasteiger partial charge in [0, 0.05) is 5.56 Å². The van der Waals surface area contributed by atoms with Crippen LogP contribution in [-0.4, -0.2) is 33.6 Å². The largest absolute Gasteiger partial charge is 0.493 e. The van der Waals surface area contributed by atoms with Crippen LogP contribution in [0.25, 0.3) is 6.08 Å². The third kappa shape index (κ3) is 3.84. The van der Waals surface area contributed by atoms with Crippen LogP contribution in [0.15, 0.2) is 18.2 Å². The maximum Gasteiger partial charge on any atom is 0.309 e. The highest BCUT2D eigenvalue weighted by molar-refractivity contribution is 5.84. The Hall–Kier alpha value is -2.30. The van der Waals surface area contributed by atoms with Crippen molar-refractivity contribution in [3.63, 3.8) is 0 Å². The molecule has 0 amide bonds. The number of carbonyl (C=O) groups is 2. The Bertz CT molecular complexity index is 491. The van der Waals surface area contributed by atoms with Crippen molar-refractivity contribution >= 4 is 18.3 Å². The number of rotatable bonds is 6. The first-order chi connectivity index (χ1) is 9.15. The lowest BCUT2D eigenvalue weighted by atomic mass is 10.1. The van der Waals surface area contributed by atoms with Gasteiger partial charge in [0.2, 0.25) is 0 Å². The van der Waals surface area contributed by atoms with Gasteiger partial charge in [-0.15, -0.1) is 0 Å². The molecule has 1 aromatic rings. The number of hydrogen-bond donors (Lipinski definition) is 0. The molecule has 0 N–H and O–H groups in total. The lowest BCUT2D eigenvalue weighted by Crippen LogP contribution is -1.97. The lowest BCUT2D eigenvalue weighted by molar-refractivity contribution is -0.139. The molecule has 0 aliphatic heterocycles. The van der Waals surface area contributed by atoms with E-state index in [0.29, 0.717) is 22.6 Å². The van der Waals surface area contributed by atoms with Gasteiger partial charge in [-0.05, 0) is 17.7 Å². The quantitative estimate of drug-likeness (QED) is 0.581. The summed E-state index contributed by atoms with van der Waals surface area (Å²) in [4.78, 5) is 22.0. The number of benzene rings is 1. The van der Waals surface area contributed by atoms with E-state index in [2.05, 4.69) is 4.74 Å². The van der Waals surface area contributed by atoms with E-state index in [0.717, 1.165) is 6.29 Å². The van der Waals surface area contributed by atoms with Crippen LogP contribution < -0.4 is 9.47 Å². The molecule has 0 spiro atoms. The van der Waals surface area contributed by atoms with Gasteiger partial charge in [0.1, 0.15) is 0 Å². The molecular weight excluding hydrogens is 248 g/mol. The summed E-state index contributed by atoms with van der Waals surface area (Å²) in [7, 11) is 4.34. The highest BCUT2D eigenvalue weighted by Crippen LogP contribution is 2.30. The van der Waals surface area contributed by atoms with Gasteiger partial charge in [-0.2, -0.15) is 0 Å². The standard InChI is InChI=1S/C14H16O5/c1-17-12-7-10(5-4-6-14(16)19-3)11(9-15)8-13(12)18-2/h4-5,7-9H,6H2,1-3H3. The molecule has 0 aromatic heterocycles. The fourth-order valence-electron chi connectivity index (χ4n) is 1.52. The van der Waals surface area contributed by atoms with Crippen LogP contribution in [0.1, 0.15) is 22.3 Å². The molecule has 102 valence electrons. The Morgan fingerprint density at radius 3 is 2.16 bits per heavy atom. The van der Waals surface area contributed by atoms with Crippen LogP contribution in [-0.2, 0) is 9.53 Å². The molecule has 0 aliphatic carbocycles. The Labute approximate surface area is 111 Å². The number of aldehydes is 1. The molecule has 1 aromatic carbocycles. The first kappa shape index (κ1) is 14.8. The summed E-state index contributed by atoms with van der Waals surface area (Å²) >= 11 is 0. The normalized spacial score (nSPS) is 10.3. The van der Waals surface area contributed by atoms with Gasteiger partial charge in [0.05, 0.1) is 27.8 Å². The molecule has 0 unspecified atom stereocenters. The van der Waals surface area contributed by atoms with Crippen LogP contribution >= 0.6 is 0 Å². The van der Waals surface area contributed by atoms with Gasteiger partial charge < -0.3 is 14.2 Å². The highest BCUT2D eigenvalue weighted by Gasteiger charge is 2.09. The van der Waals surface area contributed by atoms with Crippen molar-refractivity contribution in [2.75, 3.05) is 21.3 Å². The summed E-state index contributed by atoms with van der Waals surface area (Å²) in [6.45, 7) is 0. The molecule has 5 heteroatoms. The van der Waals surface area contributed by atoms with Crippen LogP contribution in [0.3, 0.4) is 0 Å². The monoisotopic (exact) mass is 264 g/mol. The van der Waals surface area contributed by atoms with Crippen molar-refractivity contribution < 1.29 is 23.8 Å². The second kappa shape index (κ2) is 7.20. The third-order valence-electron chi connectivity index (χ3n) is 2.53. The minimum Gasteiger partial charge on any atom is -0.493 e. The van der Waals surface area contributed by atoms with E-state index in [1.54, 1.807) is 24.3 Å². The Morgan fingerprint density at radius 2 is 1.68 bits per heavy atom. The van der Waals surface area contributed by atoms with Crippen LogP contribution in [0.4, 0.5) is 0 Å². The fraction of sp³-hybridized carbons (Fsp3) is 0.286. The van der Waals surface area contributed by atoms with E-state index in [1.807, 2.05) is 0 Å². The number of esters is 1. The van der Waals surface area contributed by atoms with Gasteiger partial charge in [-0.3, -0.25) is 9.59 Å². The fourth-order valence-corrected chi connectivity index (χ4v) is 1.52. The van der Waals surface area contributed by atoms with Gasteiger partial charge in [-0.1, -0.05) is 12.2 Å². The van der Waals surface area contributed by atoms with Crippen LogP contribution in [0.2, 0.25) is 0 Å². The van der Waals surface area contributed by atoms with Crippen molar-refractivity contribution in [2.45, 2.75) is 6.42 Å². The van der Waals surface area contributed by atoms with E-state index in [9.17, 15) is 9.59 Å². The minimum absolute atomic E-state index is 0.142. The van der Waals surface area contributed by atoms with E-state index in [1.165, 1.54) is 21.3 Å². The molecule has 19 heavy (non-hydrogen) atoms. The lowest BCUT2D eigenvalue weighted by Gasteiger charge is -2.10. The summed E-state index contributed by atoms with van der Waals surface area (Å²) in [5.41, 5.74) is 1.11. The van der Waals surface area contributed by atoms with E-state index >= 15 is 0 Å². The molecule has 0 fully saturated rings. The van der Waals surface area contributed by atoms with Crippen molar-refractivity contribution in [3.8, 4) is 11.5 Å². The van der Waals surface area contributed by atoms with Gasteiger partial charge in [0.15, 0.2) is 17.8 Å². The molecular formula is C14H16O5. The van der Waals surface area contributed by atoms with Crippen molar-refractivity contribution in [1.82, 2.24) is 0 Å². The molecule has 0 heterocycles. The first-order valence-corrected chi connectivity index (χ1v) is 5.60. The molecule has 0 bridgehead atoms. The summed E-state index contributed by atoms with van der Waals surface area (Å²) < 4.78 is 14.8. The summed E-state index contributed by atoms with van der Waals surface area (Å²) in [6, 6.07) is 3.26. The van der Waals surface area contributed by atoms with Crippen molar-refractivity contribution in [1.29, 1.82) is 0 Å². The van der Waals surface area contributed by atoms with Crippen LogP contribution in [0, 0.1) is 0 Å². The number of hydrogen-bond acceptors (Lipinski definition) is 5. The van der Waals surface area contributed by atoms with Crippen molar-refractivity contribution in [2.24, 2.45) is 0 Å². The zero-order chi connectivity index (χ0) is 14.3. The Morgan fingerprint density at radius 1 is 1.11 bits per heavy atom. The molecule has 0 saturated heterocycles.